The highest BCUT2D eigenvalue weighted by Crippen LogP contribution is 2.32. The highest BCUT2D eigenvalue weighted by Gasteiger charge is 2.43. The molecule has 0 aromatic heterocycles. The number of likely N-dealkylation sites (N-methyl/N-ethyl adjacent to an activating group) is 1. The van der Waals surface area contributed by atoms with E-state index >= 15 is 0 Å². The lowest BCUT2D eigenvalue weighted by Gasteiger charge is -2.48. The van der Waals surface area contributed by atoms with Crippen LogP contribution in [0.2, 0.25) is 0 Å². The van der Waals surface area contributed by atoms with Gasteiger partial charge in [-0.1, -0.05) is 12.1 Å². The van der Waals surface area contributed by atoms with E-state index in [0.717, 1.165) is 44.5 Å². The Morgan fingerprint density at radius 2 is 2.09 bits per heavy atom. The molecule has 0 radical (unpaired) electrons. The molecule has 0 bridgehead atoms. The van der Waals surface area contributed by atoms with Gasteiger partial charge in [0.25, 0.3) is 5.91 Å². The number of halogens is 1. The van der Waals surface area contributed by atoms with Crippen LogP contribution in [0.5, 0.6) is 0 Å². The first-order valence-corrected chi connectivity index (χ1v) is 8.37. The molecule has 0 N–H and O–H groups in total. The molecule has 3 rings (SSSR count). The van der Waals surface area contributed by atoms with Crippen LogP contribution < -0.4 is 0 Å². The number of morpholine rings is 1. The van der Waals surface area contributed by atoms with Gasteiger partial charge in [-0.15, -0.1) is 0 Å². The molecule has 1 aromatic rings. The zero-order valence-corrected chi connectivity index (χ0v) is 13.9. The van der Waals surface area contributed by atoms with Crippen molar-refractivity contribution in [3.8, 4) is 0 Å². The third kappa shape index (κ3) is 3.72. The summed E-state index contributed by atoms with van der Waals surface area (Å²) in [7, 11) is 1.86. The minimum atomic E-state index is -0.340. The molecule has 2 saturated heterocycles. The molecule has 2 heterocycles. The number of piperidine rings is 1. The second-order valence-corrected chi connectivity index (χ2v) is 6.86. The van der Waals surface area contributed by atoms with Crippen LogP contribution in [0.25, 0.3) is 0 Å². The second kappa shape index (κ2) is 6.57. The van der Waals surface area contributed by atoms with E-state index in [1.165, 1.54) is 6.07 Å². The van der Waals surface area contributed by atoms with Crippen molar-refractivity contribution in [3.63, 3.8) is 0 Å². The van der Waals surface area contributed by atoms with Crippen molar-refractivity contribution in [2.45, 2.75) is 37.9 Å². The zero-order chi connectivity index (χ0) is 16.4. The van der Waals surface area contributed by atoms with Crippen molar-refractivity contribution in [1.82, 2.24) is 9.80 Å². The summed E-state index contributed by atoms with van der Waals surface area (Å²) < 4.78 is 19.3. The molecule has 1 unspecified atom stereocenters. The summed E-state index contributed by atoms with van der Waals surface area (Å²) in [5.41, 5.74) is 0.857. The van der Waals surface area contributed by atoms with Gasteiger partial charge in [-0.05, 0) is 43.9 Å². The molecule has 2 aliphatic heterocycles. The van der Waals surface area contributed by atoms with Gasteiger partial charge in [-0.25, -0.2) is 4.39 Å². The Morgan fingerprint density at radius 3 is 2.74 bits per heavy atom. The molecule has 23 heavy (non-hydrogen) atoms. The summed E-state index contributed by atoms with van der Waals surface area (Å²) in [6, 6.07) is 6.83. The molecule has 2 aliphatic rings. The highest BCUT2D eigenvalue weighted by atomic mass is 19.1. The second-order valence-electron chi connectivity index (χ2n) is 6.86. The number of hydrogen-bond donors (Lipinski definition) is 0. The van der Waals surface area contributed by atoms with Crippen LogP contribution in [0.3, 0.4) is 0 Å². The van der Waals surface area contributed by atoms with Crippen LogP contribution in [0.1, 0.15) is 25.3 Å². The number of carbonyl (C=O) groups is 1. The fourth-order valence-electron chi connectivity index (χ4n) is 3.72. The smallest absolute Gasteiger partial charge is 0.251 e. The molecule has 4 nitrogen and oxygen atoms in total. The van der Waals surface area contributed by atoms with Crippen LogP contribution in [0, 0.1) is 5.82 Å². The molecular formula is C18H25FN2O2. The number of benzene rings is 1. The van der Waals surface area contributed by atoms with Gasteiger partial charge in [0.15, 0.2) is 0 Å². The van der Waals surface area contributed by atoms with Crippen LogP contribution in [-0.4, -0.2) is 60.6 Å². The molecule has 126 valence electrons. The average Bonchev–Trinajstić information content (AvgIpc) is 2.52. The number of nitrogens with zero attached hydrogens (tertiary/aromatic N) is 2. The predicted octanol–water partition coefficient (Wildman–Crippen LogP) is 2.08. The number of ether oxygens (including phenoxy) is 1. The molecule has 1 atom stereocenters. The van der Waals surface area contributed by atoms with Gasteiger partial charge in [0, 0.05) is 33.2 Å². The fourth-order valence-corrected chi connectivity index (χ4v) is 3.72. The zero-order valence-electron chi connectivity index (χ0n) is 13.9. The Balaban J connectivity index is 1.51. The highest BCUT2D eigenvalue weighted by molar-refractivity contribution is 5.81. The number of carbonyl (C=O) groups excluding carboxylic acids is 1. The lowest BCUT2D eigenvalue weighted by atomic mass is 9.88. The van der Waals surface area contributed by atoms with Crippen molar-refractivity contribution in [2.75, 3.05) is 33.2 Å². The number of rotatable bonds is 3. The minimum absolute atomic E-state index is 0.0733. The van der Waals surface area contributed by atoms with Gasteiger partial charge in [0.2, 0.25) is 0 Å². The lowest BCUT2D eigenvalue weighted by Crippen LogP contribution is -2.60. The minimum Gasteiger partial charge on any atom is -0.360 e. The number of hydrogen-bond acceptors (Lipinski definition) is 3. The molecule has 1 amide bonds. The first-order chi connectivity index (χ1) is 11.0. The van der Waals surface area contributed by atoms with E-state index in [2.05, 4.69) is 4.90 Å². The molecule has 1 spiro atoms. The van der Waals surface area contributed by atoms with E-state index < -0.39 is 0 Å². The summed E-state index contributed by atoms with van der Waals surface area (Å²) in [6.07, 6.45) is 2.41. The Kier molecular flexibility index (Phi) is 4.69. The first-order valence-electron chi connectivity index (χ1n) is 8.37. The van der Waals surface area contributed by atoms with E-state index in [9.17, 15) is 9.18 Å². The van der Waals surface area contributed by atoms with Gasteiger partial charge in [-0.3, -0.25) is 4.79 Å². The van der Waals surface area contributed by atoms with Gasteiger partial charge >= 0.3 is 0 Å². The van der Waals surface area contributed by atoms with Gasteiger partial charge in [0.05, 0.1) is 5.60 Å². The number of amides is 1. The summed E-state index contributed by atoms with van der Waals surface area (Å²) in [5, 5.41) is 0. The van der Waals surface area contributed by atoms with Crippen LogP contribution in [-0.2, 0) is 16.0 Å². The molecule has 0 saturated carbocycles. The maximum atomic E-state index is 13.2. The average molecular weight is 320 g/mol. The molecule has 5 heteroatoms. The standard InChI is InChI=1S/C18H25FN2O2/c1-14-17(22)20(2)13-18(23-14)7-10-21(11-8-18)9-6-15-4-3-5-16(19)12-15/h3-5,12,14H,6-11,13H2,1-2H3. The lowest BCUT2D eigenvalue weighted by molar-refractivity contribution is -0.186. The fraction of sp³-hybridized carbons (Fsp3) is 0.611. The van der Waals surface area contributed by atoms with Crippen LogP contribution in [0.4, 0.5) is 4.39 Å². The normalized spacial score (nSPS) is 25.1. The van der Waals surface area contributed by atoms with Crippen LogP contribution in [0.15, 0.2) is 24.3 Å². The van der Waals surface area contributed by atoms with Gasteiger partial charge in [0.1, 0.15) is 11.9 Å². The van der Waals surface area contributed by atoms with E-state index in [1.54, 1.807) is 17.0 Å². The third-order valence-corrected chi connectivity index (χ3v) is 5.05. The maximum Gasteiger partial charge on any atom is 0.251 e. The SMILES string of the molecule is CC1OC2(CCN(CCc3cccc(F)c3)CC2)CN(C)C1=O. The van der Waals surface area contributed by atoms with Crippen LogP contribution >= 0.6 is 0 Å². The molecule has 2 fully saturated rings. The van der Waals surface area contributed by atoms with Gasteiger partial charge < -0.3 is 14.5 Å². The Hall–Kier alpha value is -1.46. The summed E-state index contributed by atoms with van der Waals surface area (Å²) in [4.78, 5) is 16.1. The van der Waals surface area contributed by atoms with Crippen molar-refractivity contribution in [2.24, 2.45) is 0 Å². The van der Waals surface area contributed by atoms with Crippen molar-refractivity contribution < 1.29 is 13.9 Å². The Labute approximate surface area is 137 Å². The topological polar surface area (TPSA) is 32.8 Å². The van der Waals surface area contributed by atoms with Crippen molar-refractivity contribution >= 4 is 5.91 Å². The first kappa shape index (κ1) is 16.4. The third-order valence-electron chi connectivity index (χ3n) is 5.05. The molecule has 0 aliphatic carbocycles. The largest absolute Gasteiger partial charge is 0.360 e. The Bertz CT molecular complexity index is 554. The molecular weight excluding hydrogens is 295 g/mol. The predicted molar refractivity (Wildman–Crippen MR) is 86.7 cm³/mol. The molecule has 1 aromatic carbocycles. The summed E-state index contributed by atoms with van der Waals surface area (Å²) in [5.74, 6) is -0.0958. The van der Waals surface area contributed by atoms with E-state index in [0.29, 0.717) is 6.54 Å². The Morgan fingerprint density at radius 1 is 1.35 bits per heavy atom. The number of likely N-dealkylation sites (tertiary alicyclic amines) is 1. The maximum absolute atomic E-state index is 13.2. The van der Waals surface area contributed by atoms with Gasteiger partial charge in [-0.2, -0.15) is 0 Å². The van der Waals surface area contributed by atoms with Crippen molar-refractivity contribution in [1.29, 1.82) is 0 Å². The van der Waals surface area contributed by atoms with E-state index in [1.807, 2.05) is 20.0 Å². The van der Waals surface area contributed by atoms with E-state index in [4.69, 9.17) is 4.74 Å². The summed E-state index contributed by atoms with van der Waals surface area (Å²) in [6.45, 7) is 5.39. The monoisotopic (exact) mass is 320 g/mol. The van der Waals surface area contributed by atoms with Crippen molar-refractivity contribution in [3.05, 3.63) is 35.6 Å². The summed E-state index contributed by atoms with van der Waals surface area (Å²) >= 11 is 0. The van der Waals surface area contributed by atoms with E-state index in [-0.39, 0.29) is 23.4 Å². The quantitative estimate of drug-likeness (QED) is 0.855.